The third kappa shape index (κ3) is 3.75. The second-order valence-corrected chi connectivity index (χ2v) is 13.4. The van der Waals surface area contributed by atoms with Crippen LogP contribution in [0, 0.1) is 35.5 Å². The Balaban J connectivity index is 1.61. The molecule has 0 aromatic carbocycles. The Morgan fingerprint density at radius 3 is 2.56 bits per heavy atom. The maximum Gasteiger partial charge on any atom is 0.349 e. The zero-order valence-electron chi connectivity index (χ0n) is 22.9. The number of Topliss-reactive ketones (excluding diaryl/α,β-unsaturated/α-hetero) is 1. The Kier molecular flexibility index (Phi) is 6.58. The summed E-state index contributed by atoms with van der Waals surface area (Å²) < 4.78 is 28.8. The van der Waals surface area contributed by atoms with Crippen LogP contribution in [0.4, 0.5) is 4.39 Å². The summed E-state index contributed by atoms with van der Waals surface area (Å²) in [5, 5.41) is 11.7. The van der Waals surface area contributed by atoms with Crippen molar-refractivity contribution in [2.45, 2.75) is 77.7 Å². The molecule has 1 heterocycles. The number of aryl methyl sites for hydroxylation is 1. The lowest BCUT2D eigenvalue weighted by molar-refractivity contribution is -0.220. The molecule has 39 heavy (non-hydrogen) atoms. The average molecular weight is 559 g/mol. The van der Waals surface area contributed by atoms with Crippen LogP contribution in [-0.4, -0.2) is 52.6 Å². The lowest BCUT2D eigenvalue weighted by Crippen LogP contribution is -2.70. The summed E-state index contributed by atoms with van der Waals surface area (Å²) >= 11 is 1.25. The number of thiophene rings is 1. The average Bonchev–Trinajstić information content (AvgIpc) is 3.39. The zero-order valence-corrected chi connectivity index (χ0v) is 23.7. The molecule has 210 valence electrons. The summed E-state index contributed by atoms with van der Waals surface area (Å²) in [7, 11) is 0. The summed E-state index contributed by atoms with van der Waals surface area (Å²) in [5.74, 6) is -3.66. The number of fused-ring (bicyclic) bond motifs is 5. The standard InChI is InChI=1S/C30H35FO7S/c1-16-12-22-21-8-7-19-13-20(33)10-11-27(19,4)29(21,31)24(34)14-28(22,5)30(16,25(35)15-37-18(3)32)38-26(36)23-9-6-17(2)39-23/h6,9-11,13,16,21-22,24,34H,7-8,12,14-15H2,1-5H3/t16-,21?,22?,24?,27?,28?,29+,30+/m1/s1. The lowest BCUT2D eigenvalue weighted by Gasteiger charge is -2.62. The molecule has 5 rings (SSSR count). The Labute approximate surface area is 231 Å². The van der Waals surface area contributed by atoms with Crippen LogP contribution in [0.15, 0.2) is 35.9 Å². The van der Waals surface area contributed by atoms with Gasteiger partial charge in [-0.25, -0.2) is 9.18 Å². The van der Waals surface area contributed by atoms with Crippen molar-refractivity contribution in [1.82, 2.24) is 0 Å². The molecule has 5 unspecified atom stereocenters. The number of rotatable bonds is 5. The van der Waals surface area contributed by atoms with Gasteiger partial charge in [-0.05, 0) is 69.7 Å². The molecule has 8 atom stereocenters. The van der Waals surface area contributed by atoms with Gasteiger partial charge in [-0.1, -0.05) is 25.5 Å². The van der Waals surface area contributed by atoms with Crippen molar-refractivity contribution in [2.24, 2.45) is 28.6 Å². The Bertz CT molecular complexity index is 1310. The minimum Gasteiger partial charge on any atom is -0.458 e. The molecular formula is C30H35FO7S. The highest BCUT2D eigenvalue weighted by Crippen LogP contribution is 2.71. The molecule has 0 aliphatic heterocycles. The molecule has 0 radical (unpaired) electrons. The number of ether oxygens (including phenoxy) is 2. The predicted molar refractivity (Wildman–Crippen MR) is 142 cm³/mol. The SMILES string of the molecule is CC(=O)OCC(=O)[C@@]1(OC(=O)c2ccc(C)s2)[C@H](C)CC2C3CCC4=CC(=O)C=CC4(C)[C@@]3(F)C(O)CC21C. The zero-order chi connectivity index (χ0) is 28.5. The summed E-state index contributed by atoms with van der Waals surface area (Å²) in [5.41, 5.74) is -5.45. The van der Waals surface area contributed by atoms with Crippen LogP contribution in [0.2, 0.25) is 0 Å². The number of carbonyl (C=O) groups is 4. The predicted octanol–water partition coefficient (Wildman–Crippen LogP) is 4.70. The number of hydrogen-bond donors (Lipinski definition) is 1. The van der Waals surface area contributed by atoms with Crippen molar-refractivity contribution in [3.05, 3.63) is 45.7 Å². The summed E-state index contributed by atoms with van der Waals surface area (Å²) in [6, 6.07) is 3.43. The van der Waals surface area contributed by atoms with Crippen LogP contribution in [-0.2, 0) is 23.9 Å². The fourth-order valence-corrected chi connectivity index (χ4v) is 9.16. The lowest BCUT2D eigenvalue weighted by atomic mass is 9.44. The summed E-state index contributed by atoms with van der Waals surface area (Å²) in [6.07, 6.45) is 4.05. The highest BCUT2D eigenvalue weighted by atomic mass is 32.1. The second kappa shape index (κ2) is 9.20. The van der Waals surface area contributed by atoms with E-state index in [0.29, 0.717) is 29.7 Å². The van der Waals surface area contributed by atoms with Gasteiger partial charge in [-0.2, -0.15) is 0 Å². The van der Waals surface area contributed by atoms with E-state index < -0.39 is 70.3 Å². The van der Waals surface area contributed by atoms with Gasteiger partial charge in [-0.15, -0.1) is 11.3 Å². The largest absolute Gasteiger partial charge is 0.458 e. The molecular weight excluding hydrogens is 523 g/mol. The molecule has 4 aliphatic carbocycles. The van der Waals surface area contributed by atoms with Crippen molar-refractivity contribution in [2.75, 3.05) is 6.61 Å². The van der Waals surface area contributed by atoms with Crippen LogP contribution in [0.3, 0.4) is 0 Å². The van der Waals surface area contributed by atoms with E-state index in [-0.39, 0.29) is 12.2 Å². The normalized spacial score (nSPS) is 40.7. The molecule has 3 saturated carbocycles. The molecule has 0 bridgehead atoms. The third-order valence-corrected chi connectivity index (χ3v) is 11.2. The molecule has 0 amide bonds. The number of esters is 2. The summed E-state index contributed by atoms with van der Waals surface area (Å²) in [6.45, 7) is 7.81. The first-order chi connectivity index (χ1) is 18.2. The molecule has 1 N–H and O–H groups in total. The number of ketones is 2. The molecule has 0 spiro atoms. The monoisotopic (exact) mass is 558 g/mol. The first-order valence-electron chi connectivity index (χ1n) is 13.5. The Morgan fingerprint density at radius 2 is 1.92 bits per heavy atom. The van der Waals surface area contributed by atoms with Gasteiger partial charge in [0.1, 0.15) is 4.88 Å². The highest BCUT2D eigenvalue weighted by molar-refractivity contribution is 7.13. The van der Waals surface area contributed by atoms with Crippen molar-refractivity contribution < 1.29 is 38.1 Å². The molecule has 9 heteroatoms. The number of hydrogen-bond acceptors (Lipinski definition) is 8. The number of aliphatic hydroxyl groups is 1. The topological polar surface area (TPSA) is 107 Å². The molecule has 3 fully saturated rings. The molecule has 4 aliphatic rings. The fourth-order valence-electron chi connectivity index (χ4n) is 8.41. The van der Waals surface area contributed by atoms with Gasteiger partial charge in [0.2, 0.25) is 5.78 Å². The number of aliphatic hydroxyl groups excluding tert-OH is 1. The number of halogens is 1. The minimum absolute atomic E-state index is 0.137. The molecule has 0 saturated heterocycles. The van der Waals surface area contributed by atoms with E-state index in [1.54, 1.807) is 32.1 Å². The van der Waals surface area contributed by atoms with E-state index in [1.165, 1.54) is 30.4 Å². The highest BCUT2D eigenvalue weighted by Gasteiger charge is 2.77. The van der Waals surface area contributed by atoms with Crippen molar-refractivity contribution in [1.29, 1.82) is 0 Å². The third-order valence-electron chi connectivity index (χ3n) is 10.2. The number of allylic oxidation sites excluding steroid dienone is 4. The summed E-state index contributed by atoms with van der Waals surface area (Å²) in [4.78, 5) is 52.4. The van der Waals surface area contributed by atoms with E-state index in [0.717, 1.165) is 4.88 Å². The van der Waals surface area contributed by atoms with Crippen molar-refractivity contribution >= 4 is 34.8 Å². The van der Waals surface area contributed by atoms with E-state index >= 15 is 4.39 Å². The number of carbonyl (C=O) groups excluding carboxylic acids is 4. The van der Waals surface area contributed by atoms with E-state index in [2.05, 4.69) is 0 Å². The van der Waals surface area contributed by atoms with Gasteiger partial charge < -0.3 is 14.6 Å². The van der Waals surface area contributed by atoms with Crippen LogP contribution >= 0.6 is 11.3 Å². The smallest absolute Gasteiger partial charge is 0.349 e. The first-order valence-corrected chi connectivity index (χ1v) is 14.3. The maximum atomic E-state index is 17.5. The van der Waals surface area contributed by atoms with Gasteiger partial charge in [0.15, 0.2) is 23.7 Å². The van der Waals surface area contributed by atoms with Gasteiger partial charge in [0, 0.05) is 34.5 Å². The quantitative estimate of drug-likeness (QED) is 0.522. The van der Waals surface area contributed by atoms with Gasteiger partial charge in [0.05, 0.1) is 6.10 Å². The van der Waals surface area contributed by atoms with Crippen LogP contribution in [0.1, 0.15) is 67.9 Å². The second-order valence-electron chi connectivity index (χ2n) is 12.1. The van der Waals surface area contributed by atoms with Gasteiger partial charge in [-0.3, -0.25) is 14.4 Å². The maximum absolute atomic E-state index is 17.5. The number of alkyl halides is 1. The Hall–Kier alpha value is -2.65. The van der Waals surface area contributed by atoms with E-state index in [4.69, 9.17) is 9.47 Å². The van der Waals surface area contributed by atoms with Gasteiger partial charge in [0.25, 0.3) is 0 Å². The molecule has 1 aromatic rings. The molecule has 1 aromatic heterocycles. The van der Waals surface area contributed by atoms with Crippen LogP contribution in [0.5, 0.6) is 0 Å². The van der Waals surface area contributed by atoms with Crippen molar-refractivity contribution in [3.8, 4) is 0 Å². The van der Waals surface area contributed by atoms with Crippen molar-refractivity contribution in [3.63, 3.8) is 0 Å². The van der Waals surface area contributed by atoms with E-state index in [1.807, 2.05) is 13.8 Å². The van der Waals surface area contributed by atoms with Crippen LogP contribution in [0.25, 0.3) is 0 Å². The van der Waals surface area contributed by atoms with Gasteiger partial charge >= 0.3 is 11.9 Å². The molecule has 7 nitrogen and oxygen atoms in total. The fraction of sp³-hybridized carbons (Fsp3) is 0.600. The van der Waals surface area contributed by atoms with Crippen LogP contribution < -0.4 is 0 Å². The van der Waals surface area contributed by atoms with E-state index in [9.17, 15) is 24.3 Å². The Morgan fingerprint density at radius 1 is 1.21 bits per heavy atom. The first kappa shape index (κ1) is 27.9. The minimum atomic E-state index is -2.08.